The first kappa shape index (κ1) is 26.7. The van der Waals surface area contributed by atoms with Crippen LogP contribution in [0.3, 0.4) is 0 Å². The molecule has 14 heteroatoms. The number of carbonyl (C=O) groups is 1. The Morgan fingerprint density at radius 2 is 1.47 bits per heavy atom. The molecule has 6 nitrogen and oxygen atoms in total. The summed E-state index contributed by atoms with van der Waals surface area (Å²) in [5, 5.41) is 3.33. The average Bonchev–Trinajstić information content (AvgIpc) is 3.40. The maximum Gasteiger partial charge on any atom is 0.288 e. The Bertz CT molecular complexity index is 1750. The van der Waals surface area contributed by atoms with Crippen LogP contribution in [0.5, 0.6) is 0 Å². The van der Waals surface area contributed by atoms with E-state index in [1.54, 1.807) is 50.2 Å². The van der Waals surface area contributed by atoms with Gasteiger partial charge in [0.05, 0.1) is 26.0 Å². The molecule has 5 aromatic rings. The zero-order chi connectivity index (χ0) is 27.1. The zero-order valence-electron chi connectivity index (χ0n) is 19.5. The number of pyridine rings is 1. The van der Waals surface area contributed by atoms with Crippen molar-refractivity contribution in [3.63, 3.8) is 0 Å². The van der Waals surface area contributed by atoms with Crippen molar-refractivity contribution in [2.75, 3.05) is 5.32 Å². The van der Waals surface area contributed by atoms with Crippen molar-refractivity contribution in [1.82, 2.24) is 14.5 Å². The second-order valence-corrected chi connectivity index (χ2v) is 12.1. The maximum atomic E-state index is 13.3. The molecule has 0 atom stereocenters. The summed E-state index contributed by atoms with van der Waals surface area (Å²) in [5.74, 6) is -5.60. The van der Waals surface area contributed by atoms with E-state index in [4.69, 9.17) is 0 Å². The van der Waals surface area contributed by atoms with Gasteiger partial charge in [-0.1, -0.05) is 46.2 Å². The molecule has 5 rings (SSSR count). The monoisotopic (exact) mass is 596 g/mol. The Balaban J connectivity index is 1.48. The van der Waals surface area contributed by atoms with Gasteiger partial charge in [0.2, 0.25) is 0 Å². The van der Waals surface area contributed by atoms with Crippen molar-refractivity contribution in [3.8, 4) is 5.13 Å². The van der Waals surface area contributed by atoms with Crippen LogP contribution in [0, 0.1) is 13.8 Å². The van der Waals surface area contributed by atoms with Gasteiger partial charge in [-0.3, -0.25) is 19.5 Å². The van der Waals surface area contributed by atoms with Crippen molar-refractivity contribution in [2.45, 2.75) is 35.2 Å². The molecule has 0 unspecified atom stereocenters. The fourth-order valence-corrected chi connectivity index (χ4v) is 7.11. The molecular formula is C24H16F4N4O2S4. The molecule has 38 heavy (non-hydrogen) atoms. The number of halogens is 4. The summed E-state index contributed by atoms with van der Waals surface area (Å²) in [6.07, 6.45) is 0. The van der Waals surface area contributed by atoms with E-state index >= 15 is 0 Å². The van der Waals surface area contributed by atoms with Crippen LogP contribution in [0.15, 0.2) is 57.1 Å². The van der Waals surface area contributed by atoms with Crippen LogP contribution in [0.25, 0.3) is 25.6 Å². The second kappa shape index (κ2) is 10.7. The summed E-state index contributed by atoms with van der Waals surface area (Å²) in [4.78, 5) is 35.9. The lowest BCUT2D eigenvalue weighted by molar-refractivity contribution is 0.102. The SMILES string of the molecule is Cc1cc(=O)n(-c2nc3ccc(SC(F)F)cc3s2)c(C)c1C(=O)Nc1nc2ccc(SC(F)F)cc2s1. The number of hydrogen-bond donors (Lipinski definition) is 1. The number of aryl methyl sites for hydroxylation is 1. The third kappa shape index (κ3) is 5.44. The van der Waals surface area contributed by atoms with Gasteiger partial charge in [-0.15, -0.1) is 0 Å². The van der Waals surface area contributed by atoms with Gasteiger partial charge in [0.15, 0.2) is 10.3 Å². The minimum Gasteiger partial charge on any atom is -0.298 e. The molecule has 196 valence electrons. The highest BCUT2D eigenvalue weighted by atomic mass is 32.2. The summed E-state index contributed by atoms with van der Waals surface area (Å²) in [6.45, 7) is 3.27. The number of anilines is 1. The molecule has 2 aromatic carbocycles. The van der Waals surface area contributed by atoms with Crippen LogP contribution in [0.2, 0.25) is 0 Å². The van der Waals surface area contributed by atoms with Crippen LogP contribution in [-0.2, 0) is 0 Å². The van der Waals surface area contributed by atoms with Gasteiger partial charge in [0, 0.05) is 21.6 Å². The predicted molar refractivity (Wildman–Crippen MR) is 146 cm³/mol. The number of aromatic nitrogens is 3. The first-order valence-electron chi connectivity index (χ1n) is 10.8. The number of thioether (sulfide) groups is 2. The van der Waals surface area contributed by atoms with E-state index < -0.39 is 17.4 Å². The maximum absolute atomic E-state index is 13.3. The number of carbonyl (C=O) groups excluding carboxylic acids is 1. The lowest BCUT2D eigenvalue weighted by Gasteiger charge is -2.13. The fraction of sp³-hybridized carbons (Fsp3) is 0.167. The van der Waals surface area contributed by atoms with Crippen molar-refractivity contribution in [3.05, 3.63) is 69.6 Å². The lowest BCUT2D eigenvalue weighted by Crippen LogP contribution is -2.26. The molecule has 0 saturated carbocycles. The smallest absolute Gasteiger partial charge is 0.288 e. The van der Waals surface area contributed by atoms with E-state index in [1.807, 2.05) is 0 Å². The third-order valence-corrected chi connectivity index (χ3v) is 8.80. The molecule has 0 saturated heterocycles. The van der Waals surface area contributed by atoms with E-state index in [0.717, 1.165) is 22.7 Å². The molecule has 0 aliphatic heterocycles. The number of hydrogen-bond acceptors (Lipinski definition) is 8. The largest absolute Gasteiger partial charge is 0.298 e. The Kier molecular flexibility index (Phi) is 7.49. The Labute approximate surface area is 229 Å². The number of alkyl halides is 4. The minimum absolute atomic E-state index is 0.256. The Morgan fingerprint density at radius 1 is 0.895 bits per heavy atom. The van der Waals surface area contributed by atoms with Gasteiger partial charge < -0.3 is 0 Å². The van der Waals surface area contributed by atoms with Gasteiger partial charge in [-0.05, 0) is 55.8 Å². The molecule has 0 aliphatic rings. The Morgan fingerprint density at radius 3 is 2.08 bits per heavy atom. The molecule has 0 bridgehead atoms. The van der Waals surface area contributed by atoms with E-state index in [9.17, 15) is 27.2 Å². The number of rotatable bonds is 7. The van der Waals surface area contributed by atoms with Gasteiger partial charge in [-0.25, -0.2) is 9.97 Å². The summed E-state index contributed by atoms with van der Waals surface area (Å²) in [6, 6.07) is 10.8. The van der Waals surface area contributed by atoms with Gasteiger partial charge >= 0.3 is 0 Å². The number of nitrogens with one attached hydrogen (secondary N) is 1. The summed E-state index contributed by atoms with van der Waals surface area (Å²) >= 11 is 3.16. The van der Waals surface area contributed by atoms with Crippen molar-refractivity contribution >= 4 is 77.7 Å². The molecule has 1 N–H and O–H groups in total. The standard InChI is InChI=1S/C24H16F4N4O2S4/c1-10-7-18(33)32(24-30-15-6-4-13(36-22(27)28)9-17(15)38-24)11(2)19(10)20(34)31-23-29-14-5-3-12(35-21(25)26)8-16(14)37-23/h3-9,21-22H,1-2H3,(H,29,31,34). The van der Waals surface area contributed by atoms with E-state index in [-0.39, 0.29) is 16.3 Å². The van der Waals surface area contributed by atoms with E-state index in [0.29, 0.717) is 70.1 Å². The summed E-state index contributed by atoms with van der Waals surface area (Å²) in [7, 11) is 0. The van der Waals surface area contributed by atoms with E-state index in [2.05, 4.69) is 15.3 Å². The summed E-state index contributed by atoms with van der Waals surface area (Å²) in [5.41, 5.74) is 1.77. The van der Waals surface area contributed by atoms with Crippen molar-refractivity contribution in [1.29, 1.82) is 0 Å². The highest BCUT2D eigenvalue weighted by Crippen LogP contribution is 2.34. The first-order valence-corrected chi connectivity index (χ1v) is 14.2. The van der Waals surface area contributed by atoms with Gasteiger partial charge in [-0.2, -0.15) is 17.6 Å². The Hall–Kier alpha value is -2.94. The first-order chi connectivity index (χ1) is 18.1. The highest BCUT2D eigenvalue weighted by Gasteiger charge is 2.21. The quantitative estimate of drug-likeness (QED) is 0.154. The number of benzene rings is 2. The number of fused-ring (bicyclic) bond motifs is 2. The normalized spacial score (nSPS) is 11.8. The third-order valence-electron chi connectivity index (χ3n) is 5.45. The minimum atomic E-state index is -2.56. The number of thiazole rings is 2. The van der Waals surface area contributed by atoms with Gasteiger partial charge in [0.1, 0.15) is 0 Å². The molecule has 0 radical (unpaired) electrons. The molecule has 0 aliphatic carbocycles. The highest BCUT2D eigenvalue weighted by molar-refractivity contribution is 7.99. The zero-order valence-corrected chi connectivity index (χ0v) is 22.8. The van der Waals surface area contributed by atoms with Crippen LogP contribution in [0.4, 0.5) is 22.7 Å². The molecule has 0 fully saturated rings. The topological polar surface area (TPSA) is 76.9 Å². The molecule has 3 aromatic heterocycles. The van der Waals surface area contributed by atoms with Crippen LogP contribution < -0.4 is 10.9 Å². The number of amides is 1. The fourth-order valence-electron chi connectivity index (χ4n) is 3.92. The average molecular weight is 597 g/mol. The van der Waals surface area contributed by atoms with Crippen LogP contribution >= 0.6 is 46.2 Å². The van der Waals surface area contributed by atoms with Crippen molar-refractivity contribution < 1.29 is 22.4 Å². The molecule has 0 spiro atoms. The van der Waals surface area contributed by atoms with Crippen LogP contribution in [0.1, 0.15) is 21.6 Å². The molecular weight excluding hydrogens is 581 g/mol. The lowest BCUT2D eigenvalue weighted by atomic mass is 10.1. The number of nitrogens with zero attached hydrogens (tertiary/aromatic N) is 3. The predicted octanol–water partition coefficient (Wildman–Crippen LogP) is 7.56. The van der Waals surface area contributed by atoms with Gasteiger partial charge in [0.25, 0.3) is 23.0 Å². The van der Waals surface area contributed by atoms with E-state index in [1.165, 1.54) is 10.6 Å². The van der Waals surface area contributed by atoms with Crippen LogP contribution in [-0.4, -0.2) is 32.0 Å². The second-order valence-electron chi connectivity index (χ2n) is 7.95. The van der Waals surface area contributed by atoms with Crippen molar-refractivity contribution in [2.24, 2.45) is 0 Å². The molecule has 3 heterocycles. The summed E-state index contributed by atoms with van der Waals surface area (Å²) < 4.78 is 53.5. The molecule has 1 amide bonds.